The van der Waals surface area contributed by atoms with E-state index in [0.29, 0.717) is 5.88 Å². The Morgan fingerprint density at radius 2 is 2.12 bits per heavy atom. The van der Waals surface area contributed by atoms with Crippen molar-refractivity contribution in [2.75, 3.05) is 5.88 Å². The van der Waals surface area contributed by atoms with Gasteiger partial charge in [0.2, 0.25) is 0 Å². The van der Waals surface area contributed by atoms with Gasteiger partial charge >= 0.3 is 0 Å². The summed E-state index contributed by atoms with van der Waals surface area (Å²) in [6, 6.07) is 5.97. The predicted octanol–water partition coefficient (Wildman–Crippen LogP) is 4.99. The van der Waals surface area contributed by atoms with Crippen LogP contribution >= 0.6 is 39.1 Å². The Balaban J connectivity index is 2.65. The molecular weight excluding hydrogens is 321 g/mol. The van der Waals surface area contributed by atoms with Crippen LogP contribution in [0.4, 0.5) is 0 Å². The van der Waals surface area contributed by atoms with Gasteiger partial charge in [-0.15, -0.1) is 11.6 Å². The first-order valence-electron chi connectivity index (χ1n) is 5.75. The molecule has 1 atom stereocenters. The first-order chi connectivity index (χ1) is 8.00. The molecule has 0 saturated carbocycles. The van der Waals surface area contributed by atoms with Gasteiger partial charge in [0, 0.05) is 27.5 Å². The van der Waals surface area contributed by atoms with Crippen molar-refractivity contribution in [3.8, 4) is 0 Å². The van der Waals surface area contributed by atoms with E-state index in [1.807, 2.05) is 18.2 Å². The lowest BCUT2D eigenvalue weighted by Gasteiger charge is -2.29. The minimum atomic E-state index is 0.0815. The van der Waals surface area contributed by atoms with Gasteiger partial charge in [-0.2, -0.15) is 0 Å². The van der Waals surface area contributed by atoms with Gasteiger partial charge in [-0.05, 0) is 37.5 Å². The zero-order valence-corrected chi connectivity index (χ0v) is 13.3. The molecule has 0 amide bonds. The molecule has 0 saturated heterocycles. The Hall–Kier alpha value is 0.240. The first-order valence-corrected chi connectivity index (χ1v) is 7.46. The second kappa shape index (κ2) is 6.98. The van der Waals surface area contributed by atoms with Gasteiger partial charge in [0.1, 0.15) is 0 Å². The highest BCUT2D eigenvalue weighted by Gasteiger charge is 2.20. The van der Waals surface area contributed by atoms with E-state index in [9.17, 15) is 0 Å². The van der Waals surface area contributed by atoms with Crippen LogP contribution in [0.3, 0.4) is 0 Å². The summed E-state index contributed by atoms with van der Waals surface area (Å²) in [6.45, 7) is 5.14. The van der Waals surface area contributed by atoms with Crippen molar-refractivity contribution in [3.05, 3.63) is 33.3 Å². The third-order valence-electron chi connectivity index (χ3n) is 3.15. The monoisotopic (exact) mass is 337 g/mol. The largest absolute Gasteiger partial charge is 0.307 e. The molecule has 1 rings (SSSR count). The van der Waals surface area contributed by atoms with Gasteiger partial charge in [-0.1, -0.05) is 40.5 Å². The third kappa shape index (κ3) is 4.78. The van der Waals surface area contributed by atoms with Crippen LogP contribution in [-0.2, 0) is 6.54 Å². The second-order valence-corrected chi connectivity index (χ2v) is 6.14. The van der Waals surface area contributed by atoms with E-state index in [2.05, 4.69) is 35.1 Å². The molecule has 0 heterocycles. The molecule has 0 aliphatic heterocycles. The Bertz CT molecular complexity index is 370. The molecule has 17 heavy (non-hydrogen) atoms. The minimum absolute atomic E-state index is 0.0815. The molecule has 0 bridgehead atoms. The van der Waals surface area contributed by atoms with Crippen LogP contribution in [-0.4, -0.2) is 11.4 Å². The molecule has 1 aromatic rings. The van der Waals surface area contributed by atoms with Crippen molar-refractivity contribution < 1.29 is 0 Å². The lowest BCUT2D eigenvalue weighted by molar-refractivity contribution is 0.331. The number of alkyl halides is 1. The maximum atomic E-state index is 6.18. The molecule has 1 N–H and O–H groups in total. The number of hydrogen-bond acceptors (Lipinski definition) is 1. The normalized spacial score (nSPS) is 14.6. The van der Waals surface area contributed by atoms with Crippen LogP contribution in [0, 0.1) is 0 Å². The van der Waals surface area contributed by atoms with E-state index in [0.717, 1.165) is 34.4 Å². The molecule has 1 aromatic carbocycles. The highest BCUT2D eigenvalue weighted by molar-refractivity contribution is 9.10. The Kier molecular flexibility index (Phi) is 6.28. The fourth-order valence-corrected chi connectivity index (χ4v) is 2.73. The maximum Gasteiger partial charge on any atom is 0.0462 e. The number of nitrogens with one attached hydrogen (secondary N) is 1. The molecule has 4 heteroatoms. The minimum Gasteiger partial charge on any atom is -0.307 e. The molecule has 1 nitrogen and oxygen atoms in total. The third-order valence-corrected chi connectivity index (χ3v) is 4.18. The van der Waals surface area contributed by atoms with Gasteiger partial charge in [0.25, 0.3) is 0 Å². The molecule has 96 valence electrons. The van der Waals surface area contributed by atoms with Crippen LogP contribution in [0.1, 0.15) is 32.3 Å². The standard InChI is InChI=1S/C13H18BrCl2N/c1-3-13(2,6-7-15)17-9-10-4-5-11(14)8-12(10)16/h4-5,8,17H,3,6-7,9H2,1-2H3. The number of rotatable bonds is 6. The zero-order valence-electron chi connectivity index (χ0n) is 10.2. The summed E-state index contributed by atoms with van der Waals surface area (Å²) in [6.07, 6.45) is 2.01. The summed E-state index contributed by atoms with van der Waals surface area (Å²) in [7, 11) is 0. The van der Waals surface area contributed by atoms with Crippen molar-refractivity contribution in [2.45, 2.75) is 38.8 Å². The molecule has 1 unspecified atom stereocenters. The predicted molar refractivity (Wildman–Crippen MR) is 80.0 cm³/mol. The van der Waals surface area contributed by atoms with E-state index < -0.39 is 0 Å². The van der Waals surface area contributed by atoms with Gasteiger partial charge in [-0.3, -0.25) is 0 Å². The smallest absolute Gasteiger partial charge is 0.0462 e. The maximum absolute atomic E-state index is 6.18. The van der Waals surface area contributed by atoms with Gasteiger partial charge in [0.15, 0.2) is 0 Å². The lowest BCUT2D eigenvalue weighted by Crippen LogP contribution is -2.41. The van der Waals surface area contributed by atoms with Crippen molar-refractivity contribution in [1.82, 2.24) is 5.32 Å². The zero-order chi connectivity index (χ0) is 12.9. The molecular formula is C13H18BrCl2N. The van der Waals surface area contributed by atoms with Gasteiger partial charge in [-0.25, -0.2) is 0 Å². The Morgan fingerprint density at radius 3 is 2.65 bits per heavy atom. The lowest BCUT2D eigenvalue weighted by atomic mass is 9.95. The molecule has 0 aromatic heterocycles. The van der Waals surface area contributed by atoms with Crippen LogP contribution in [0.5, 0.6) is 0 Å². The fraction of sp³-hybridized carbons (Fsp3) is 0.538. The summed E-state index contributed by atoms with van der Waals surface area (Å²) < 4.78 is 1.00. The fourth-order valence-electron chi connectivity index (χ4n) is 1.57. The Labute approximate surface area is 122 Å². The first kappa shape index (κ1) is 15.3. The quantitative estimate of drug-likeness (QED) is 0.720. The highest BCUT2D eigenvalue weighted by atomic mass is 79.9. The molecule has 0 fully saturated rings. The van der Waals surface area contributed by atoms with Crippen molar-refractivity contribution in [1.29, 1.82) is 0 Å². The van der Waals surface area contributed by atoms with Crippen molar-refractivity contribution >= 4 is 39.1 Å². The summed E-state index contributed by atoms with van der Waals surface area (Å²) >= 11 is 15.4. The van der Waals surface area contributed by atoms with Gasteiger partial charge < -0.3 is 5.32 Å². The Morgan fingerprint density at radius 1 is 1.41 bits per heavy atom. The number of benzene rings is 1. The topological polar surface area (TPSA) is 12.0 Å². The summed E-state index contributed by atoms with van der Waals surface area (Å²) in [4.78, 5) is 0. The van der Waals surface area contributed by atoms with Crippen molar-refractivity contribution in [3.63, 3.8) is 0 Å². The average Bonchev–Trinajstić information content (AvgIpc) is 2.28. The van der Waals surface area contributed by atoms with Crippen LogP contribution in [0.25, 0.3) is 0 Å². The van der Waals surface area contributed by atoms with E-state index in [1.54, 1.807) is 0 Å². The van der Waals surface area contributed by atoms with Crippen molar-refractivity contribution in [2.24, 2.45) is 0 Å². The molecule has 0 aliphatic rings. The van der Waals surface area contributed by atoms with Crippen LogP contribution < -0.4 is 5.32 Å². The van der Waals surface area contributed by atoms with E-state index in [-0.39, 0.29) is 5.54 Å². The molecule has 0 spiro atoms. The molecule has 0 radical (unpaired) electrons. The van der Waals surface area contributed by atoms with Crippen LogP contribution in [0.15, 0.2) is 22.7 Å². The second-order valence-electron chi connectivity index (χ2n) is 4.44. The van der Waals surface area contributed by atoms with E-state index in [1.165, 1.54) is 0 Å². The summed E-state index contributed by atoms with van der Waals surface area (Å²) in [5.74, 6) is 0.672. The average molecular weight is 339 g/mol. The van der Waals surface area contributed by atoms with E-state index in [4.69, 9.17) is 23.2 Å². The van der Waals surface area contributed by atoms with Gasteiger partial charge in [0.05, 0.1) is 0 Å². The summed E-state index contributed by atoms with van der Waals surface area (Å²) in [5.41, 5.74) is 1.20. The molecule has 0 aliphatic carbocycles. The van der Waals surface area contributed by atoms with Crippen LogP contribution in [0.2, 0.25) is 5.02 Å². The SMILES string of the molecule is CCC(C)(CCCl)NCc1ccc(Br)cc1Cl. The number of hydrogen-bond donors (Lipinski definition) is 1. The van der Waals surface area contributed by atoms with E-state index >= 15 is 0 Å². The summed E-state index contributed by atoms with van der Waals surface area (Å²) in [5, 5.41) is 4.33. The number of halogens is 3. The highest BCUT2D eigenvalue weighted by Crippen LogP contribution is 2.23.